The molecule has 2 aromatic carbocycles. The molecule has 1 atom stereocenters. The lowest BCUT2D eigenvalue weighted by atomic mass is 10.0. The Labute approximate surface area is 146 Å². The summed E-state index contributed by atoms with van der Waals surface area (Å²) in [6.07, 6.45) is 0.215. The fourth-order valence-corrected chi connectivity index (χ4v) is 2.45. The van der Waals surface area contributed by atoms with Gasteiger partial charge in [0.25, 0.3) is 5.91 Å². The van der Waals surface area contributed by atoms with Crippen molar-refractivity contribution in [3.63, 3.8) is 0 Å². The van der Waals surface area contributed by atoms with Gasteiger partial charge in [-0.25, -0.2) is 0 Å². The number of hydrogen-bond donors (Lipinski definition) is 1. The number of hydrogen-bond acceptors (Lipinski definition) is 5. The van der Waals surface area contributed by atoms with Gasteiger partial charge in [-0.1, -0.05) is 24.3 Å². The largest absolute Gasteiger partial charge is 0.493 e. The van der Waals surface area contributed by atoms with Gasteiger partial charge in [0.05, 0.1) is 32.8 Å². The molecule has 6 heteroatoms. The summed E-state index contributed by atoms with van der Waals surface area (Å²) in [7, 11) is 2.98. The van der Waals surface area contributed by atoms with Gasteiger partial charge in [-0.15, -0.1) is 0 Å². The zero-order chi connectivity index (χ0) is 18.2. The van der Waals surface area contributed by atoms with Gasteiger partial charge < -0.3 is 14.8 Å². The molecule has 0 aromatic heterocycles. The molecule has 126 valence electrons. The van der Waals surface area contributed by atoms with E-state index >= 15 is 0 Å². The highest BCUT2D eigenvalue weighted by molar-refractivity contribution is 5.94. The minimum atomic E-state index is -0.905. The number of ether oxygens (including phenoxy) is 2. The van der Waals surface area contributed by atoms with Crippen LogP contribution in [0.15, 0.2) is 42.5 Å². The van der Waals surface area contributed by atoms with Crippen LogP contribution in [-0.2, 0) is 6.42 Å². The molecule has 0 heterocycles. The van der Waals surface area contributed by atoms with Crippen molar-refractivity contribution in [1.29, 1.82) is 10.5 Å². The highest BCUT2D eigenvalue weighted by Crippen LogP contribution is 2.34. The maximum atomic E-state index is 12.5. The highest BCUT2D eigenvalue weighted by Gasteiger charge is 2.21. The molecule has 0 aliphatic carbocycles. The molecule has 0 fully saturated rings. The third kappa shape index (κ3) is 4.07. The van der Waals surface area contributed by atoms with Crippen molar-refractivity contribution < 1.29 is 14.3 Å². The summed E-state index contributed by atoms with van der Waals surface area (Å²) >= 11 is 0. The van der Waals surface area contributed by atoms with Crippen LogP contribution >= 0.6 is 0 Å². The quantitative estimate of drug-likeness (QED) is 0.876. The summed E-state index contributed by atoms with van der Waals surface area (Å²) in [6.45, 7) is 0. The van der Waals surface area contributed by atoms with Gasteiger partial charge in [0.15, 0.2) is 11.5 Å². The van der Waals surface area contributed by atoms with Gasteiger partial charge in [-0.3, -0.25) is 4.79 Å². The summed E-state index contributed by atoms with van der Waals surface area (Å²) < 4.78 is 10.6. The molecule has 0 bridgehead atoms. The molecule has 0 aliphatic rings. The van der Waals surface area contributed by atoms with Crippen molar-refractivity contribution >= 4 is 5.91 Å². The van der Waals surface area contributed by atoms with Crippen LogP contribution in [0.25, 0.3) is 0 Å². The zero-order valence-corrected chi connectivity index (χ0v) is 13.9. The number of methoxy groups -OCH3 is 2. The van der Waals surface area contributed by atoms with Crippen LogP contribution in [0.1, 0.15) is 27.5 Å². The predicted molar refractivity (Wildman–Crippen MR) is 91.1 cm³/mol. The van der Waals surface area contributed by atoms with Crippen LogP contribution in [0.2, 0.25) is 0 Å². The molecule has 2 rings (SSSR count). The van der Waals surface area contributed by atoms with E-state index in [0.29, 0.717) is 22.6 Å². The molecule has 0 aliphatic heterocycles. The standard InChI is InChI=1S/C19H17N3O3/c1-24-17-8-4-7-15(18(17)25-2)16(12-21)22-19(23)14-6-3-5-13(11-14)9-10-20/h3-8,11,16H,9H2,1-2H3,(H,22,23)/t16-/m1/s1. The zero-order valence-electron chi connectivity index (χ0n) is 13.9. The van der Waals surface area contributed by atoms with Gasteiger partial charge in [-0.05, 0) is 23.8 Å². The fraction of sp³-hybridized carbons (Fsp3) is 0.211. The second-order valence-corrected chi connectivity index (χ2v) is 5.15. The van der Waals surface area contributed by atoms with Crippen molar-refractivity contribution in [1.82, 2.24) is 5.32 Å². The summed E-state index contributed by atoms with van der Waals surface area (Å²) in [6, 6.07) is 15.1. The van der Waals surface area contributed by atoms with E-state index in [0.717, 1.165) is 5.56 Å². The van der Waals surface area contributed by atoms with Crippen LogP contribution in [0, 0.1) is 22.7 Å². The molecular formula is C19H17N3O3. The van der Waals surface area contributed by atoms with E-state index in [9.17, 15) is 10.1 Å². The number of carbonyl (C=O) groups excluding carboxylic acids is 1. The van der Waals surface area contributed by atoms with E-state index in [1.807, 2.05) is 6.07 Å². The van der Waals surface area contributed by atoms with E-state index in [2.05, 4.69) is 11.4 Å². The number of nitriles is 2. The van der Waals surface area contributed by atoms with Crippen molar-refractivity contribution in [3.8, 4) is 23.6 Å². The molecule has 0 saturated carbocycles. The second-order valence-electron chi connectivity index (χ2n) is 5.15. The Bertz CT molecular complexity index is 850. The number of nitrogens with zero attached hydrogens (tertiary/aromatic N) is 2. The van der Waals surface area contributed by atoms with Crippen LogP contribution < -0.4 is 14.8 Å². The minimum Gasteiger partial charge on any atom is -0.493 e. The van der Waals surface area contributed by atoms with Crippen molar-refractivity contribution in [3.05, 3.63) is 59.2 Å². The number of amides is 1. The Kier molecular flexibility index (Phi) is 5.97. The van der Waals surface area contributed by atoms with Crippen molar-refractivity contribution in [2.75, 3.05) is 14.2 Å². The van der Waals surface area contributed by atoms with E-state index in [4.69, 9.17) is 14.7 Å². The molecule has 25 heavy (non-hydrogen) atoms. The monoisotopic (exact) mass is 335 g/mol. The molecule has 6 nitrogen and oxygen atoms in total. The molecule has 2 aromatic rings. The van der Waals surface area contributed by atoms with Gasteiger partial charge in [0, 0.05) is 11.1 Å². The summed E-state index contributed by atoms with van der Waals surface area (Å²) in [4.78, 5) is 12.5. The van der Waals surface area contributed by atoms with E-state index in [1.165, 1.54) is 14.2 Å². The number of rotatable bonds is 6. The lowest BCUT2D eigenvalue weighted by Gasteiger charge is -2.17. The van der Waals surface area contributed by atoms with Crippen LogP contribution in [0.3, 0.4) is 0 Å². The minimum absolute atomic E-state index is 0.215. The lowest BCUT2D eigenvalue weighted by Crippen LogP contribution is -2.28. The molecule has 1 amide bonds. The van der Waals surface area contributed by atoms with Gasteiger partial charge in [0.2, 0.25) is 0 Å². The SMILES string of the molecule is COc1cccc([C@@H](C#N)NC(=O)c2cccc(CC#N)c2)c1OC. The molecule has 0 spiro atoms. The molecule has 0 saturated heterocycles. The van der Waals surface area contributed by atoms with Gasteiger partial charge in [0.1, 0.15) is 6.04 Å². The lowest BCUT2D eigenvalue weighted by molar-refractivity contribution is 0.0944. The van der Waals surface area contributed by atoms with Crippen molar-refractivity contribution in [2.24, 2.45) is 0 Å². The third-order valence-corrected chi connectivity index (χ3v) is 3.62. The van der Waals surface area contributed by atoms with Crippen LogP contribution in [0.4, 0.5) is 0 Å². The first kappa shape index (κ1) is 17.8. The Morgan fingerprint density at radius 1 is 1.16 bits per heavy atom. The number of benzene rings is 2. The van der Waals surface area contributed by atoms with E-state index in [1.54, 1.807) is 42.5 Å². The number of nitrogens with one attached hydrogen (secondary N) is 1. The number of para-hydroxylation sites is 1. The average Bonchev–Trinajstić information content (AvgIpc) is 2.65. The summed E-state index contributed by atoms with van der Waals surface area (Å²) in [5.41, 5.74) is 1.63. The smallest absolute Gasteiger partial charge is 0.252 e. The highest BCUT2D eigenvalue weighted by atomic mass is 16.5. The van der Waals surface area contributed by atoms with Gasteiger partial charge >= 0.3 is 0 Å². The second kappa shape index (κ2) is 8.37. The van der Waals surface area contributed by atoms with E-state index < -0.39 is 11.9 Å². The van der Waals surface area contributed by atoms with Crippen LogP contribution in [0.5, 0.6) is 11.5 Å². The first-order chi connectivity index (χ1) is 12.1. The maximum Gasteiger partial charge on any atom is 0.252 e. The maximum absolute atomic E-state index is 12.5. The first-order valence-corrected chi connectivity index (χ1v) is 7.51. The van der Waals surface area contributed by atoms with Crippen molar-refractivity contribution in [2.45, 2.75) is 12.5 Å². The fourth-order valence-electron chi connectivity index (χ4n) is 2.45. The summed E-state index contributed by atoms with van der Waals surface area (Å²) in [5.74, 6) is 0.469. The summed E-state index contributed by atoms with van der Waals surface area (Å²) in [5, 5.41) is 20.9. The predicted octanol–water partition coefficient (Wildman–Crippen LogP) is 2.76. The molecule has 1 N–H and O–H groups in total. The molecular weight excluding hydrogens is 318 g/mol. The first-order valence-electron chi connectivity index (χ1n) is 7.51. The molecule has 0 unspecified atom stereocenters. The Balaban J connectivity index is 2.29. The molecule has 0 radical (unpaired) electrons. The van der Waals surface area contributed by atoms with Crippen LogP contribution in [-0.4, -0.2) is 20.1 Å². The normalized spacial score (nSPS) is 10.9. The Hall–Kier alpha value is -3.51. The topological polar surface area (TPSA) is 95.1 Å². The number of carbonyl (C=O) groups is 1. The third-order valence-electron chi connectivity index (χ3n) is 3.62. The van der Waals surface area contributed by atoms with E-state index in [-0.39, 0.29) is 6.42 Å². The average molecular weight is 335 g/mol. The van der Waals surface area contributed by atoms with Gasteiger partial charge in [-0.2, -0.15) is 10.5 Å². The Morgan fingerprint density at radius 2 is 1.92 bits per heavy atom. The Morgan fingerprint density at radius 3 is 2.56 bits per heavy atom.